The number of amides is 1. The minimum absolute atomic E-state index is 0.410. The number of benzene rings is 1. The maximum atomic E-state index is 12.8. The molecule has 150 valence electrons. The molecule has 0 bridgehead atoms. The van der Waals surface area contributed by atoms with Crippen molar-refractivity contribution in [2.75, 3.05) is 31.1 Å². The van der Waals surface area contributed by atoms with Crippen LogP contribution in [-0.4, -0.2) is 72.7 Å². The van der Waals surface area contributed by atoms with E-state index >= 15 is 0 Å². The predicted octanol–water partition coefficient (Wildman–Crippen LogP) is 1.07. The summed E-state index contributed by atoms with van der Waals surface area (Å²) in [5.41, 5.74) is 1.25. The summed E-state index contributed by atoms with van der Waals surface area (Å²) >= 11 is 0. The topological polar surface area (TPSA) is 113 Å². The molecule has 1 saturated heterocycles. The fourth-order valence-electron chi connectivity index (χ4n) is 3.59. The molecule has 10 heteroatoms. The maximum absolute atomic E-state index is 12.8. The zero-order valence-electron chi connectivity index (χ0n) is 16.0. The Kier molecular flexibility index (Phi) is 4.43. The molecule has 5 rings (SSSR count). The van der Waals surface area contributed by atoms with Crippen molar-refractivity contribution in [3.8, 4) is 5.82 Å². The van der Waals surface area contributed by atoms with E-state index in [9.17, 15) is 9.59 Å². The van der Waals surface area contributed by atoms with Gasteiger partial charge in [-0.2, -0.15) is 5.10 Å². The van der Waals surface area contributed by atoms with Crippen molar-refractivity contribution in [3.63, 3.8) is 0 Å². The quantitative estimate of drug-likeness (QED) is 0.401. The first-order valence-corrected chi connectivity index (χ1v) is 9.54. The van der Waals surface area contributed by atoms with E-state index in [2.05, 4.69) is 25.3 Å². The lowest BCUT2D eigenvalue weighted by molar-refractivity contribution is -0.126. The third-order valence-electron chi connectivity index (χ3n) is 5.21. The Morgan fingerprint density at radius 3 is 2.43 bits per heavy atom. The number of carbonyl (C=O) groups excluding carboxylic acids is 2. The summed E-state index contributed by atoms with van der Waals surface area (Å²) < 4.78 is 1.53. The van der Waals surface area contributed by atoms with Gasteiger partial charge < -0.3 is 14.8 Å². The number of H-pyrrole nitrogens is 1. The molecule has 0 atom stereocenters. The summed E-state index contributed by atoms with van der Waals surface area (Å²) in [4.78, 5) is 36.1. The number of para-hydroxylation sites is 1. The monoisotopic (exact) mass is 402 g/mol. The Bertz CT molecular complexity index is 1190. The van der Waals surface area contributed by atoms with Crippen LogP contribution in [0.1, 0.15) is 10.4 Å². The molecular weight excluding hydrogens is 384 g/mol. The Hall–Kier alpha value is -4.08. The minimum atomic E-state index is -0.488. The highest BCUT2D eigenvalue weighted by atomic mass is 16.2. The Morgan fingerprint density at radius 2 is 1.70 bits per heavy atom. The summed E-state index contributed by atoms with van der Waals surface area (Å²) in [6, 6.07) is 11.1. The molecule has 4 aromatic rings. The van der Waals surface area contributed by atoms with Gasteiger partial charge in [0, 0.05) is 43.3 Å². The van der Waals surface area contributed by atoms with E-state index in [0.29, 0.717) is 43.4 Å². The maximum Gasteiger partial charge on any atom is 0.295 e. The van der Waals surface area contributed by atoms with Gasteiger partial charge in [0.2, 0.25) is 0 Å². The number of ketones is 1. The summed E-state index contributed by atoms with van der Waals surface area (Å²) in [5.74, 6) is 0.327. The third kappa shape index (κ3) is 3.17. The number of hydrogen-bond acceptors (Lipinski definition) is 7. The molecule has 1 amide bonds. The molecule has 0 unspecified atom stereocenters. The molecule has 0 aliphatic carbocycles. The van der Waals surface area contributed by atoms with Gasteiger partial charge in [-0.05, 0) is 18.2 Å². The molecule has 1 N–H and O–H groups in total. The molecule has 1 fully saturated rings. The number of fused-ring (bicyclic) bond motifs is 1. The molecule has 1 aliphatic rings. The zero-order valence-corrected chi connectivity index (χ0v) is 16.0. The number of nitrogens with one attached hydrogen (secondary N) is 1. The minimum Gasteiger partial charge on any atom is -0.360 e. The van der Waals surface area contributed by atoms with Crippen LogP contribution >= 0.6 is 0 Å². The van der Waals surface area contributed by atoms with Crippen molar-refractivity contribution in [1.29, 1.82) is 0 Å². The van der Waals surface area contributed by atoms with Crippen LogP contribution in [0.25, 0.3) is 16.7 Å². The SMILES string of the molecule is O=C(C(=O)N1CCN(c2ccc(-n3cncn3)nn2)CC1)c1c[nH]c2ccccc12. The number of rotatable bonds is 4. The first-order chi connectivity index (χ1) is 14.7. The Morgan fingerprint density at radius 1 is 0.933 bits per heavy atom. The lowest BCUT2D eigenvalue weighted by Crippen LogP contribution is -2.50. The van der Waals surface area contributed by atoms with Gasteiger partial charge in [-0.1, -0.05) is 18.2 Å². The predicted molar refractivity (Wildman–Crippen MR) is 108 cm³/mol. The summed E-state index contributed by atoms with van der Waals surface area (Å²) in [6.45, 7) is 2.04. The first-order valence-electron chi connectivity index (χ1n) is 9.54. The van der Waals surface area contributed by atoms with E-state index in [1.54, 1.807) is 17.4 Å². The van der Waals surface area contributed by atoms with Gasteiger partial charge in [-0.15, -0.1) is 10.2 Å². The summed E-state index contributed by atoms with van der Waals surface area (Å²) in [7, 11) is 0. The zero-order chi connectivity index (χ0) is 20.5. The van der Waals surface area contributed by atoms with E-state index in [-0.39, 0.29) is 0 Å². The smallest absolute Gasteiger partial charge is 0.295 e. The highest BCUT2D eigenvalue weighted by Gasteiger charge is 2.28. The normalized spacial score (nSPS) is 14.3. The summed E-state index contributed by atoms with van der Waals surface area (Å²) in [6.07, 6.45) is 4.59. The fourth-order valence-corrected chi connectivity index (χ4v) is 3.59. The number of aromatic amines is 1. The number of carbonyl (C=O) groups is 2. The van der Waals surface area contributed by atoms with Gasteiger partial charge in [-0.3, -0.25) is 9.59 Å². The van der Waals surface area contributed by atoms with Crippen LogP contribution in [0.3, 0.4) is 0 Å². The van der Waals surface area contributed by atoms with Crippen molar-refractivity contribution in [2.45, 2.75) is 0 Å². The largest absolute Gasteiger partial charge is 0.360 e. The molecule has 0 radical (unpaired) electrons. The lowest BCUT2D eigenvalue weighted by atomic mass is 10.1. The lowest BCUT2D eigenvalue weighted by Gasteiger charge is -2.34. The number of piperazine rings is 1. The van der Waals surface area contributed by atoms with Crippen molar-refractivity contribution >= 4 is 28.4 Å². The number of Topliss-reactive ketones (excluding diaryl/α,β-unsaturated/α-hetero) is 1. The third-order valence-corrected chi connectivity index (χ3v) is 5.21. The molecule has 10 nitrogen and oxygen atoms in total. The number of aromatic nitrogens is 6. The van der Waals surface area contributed by atoms with Gasteiger partial charge in [0.25, 0.3) is 11.7 Å². The summed E-state index contributed by atoms with van der Waals surface area (Å²) in [5, 5.41) is 13.2. The van der Waals surface area contributed by atoms with E-state index in [0.717, 1.165) is 10.9 Å². The van der Waals surface area contributed by atoms with Gasteiger partial charge in [-0.25, -0.2) is 9.67 Å². The Labute approximate surface area is 171 Å². The highest BCUT2D eigenvalue weighted by molar-refractivity contribution is 6.44. The number of nitrogens with zero attached hydrogens (tertiary/aromatic N) is 7. The van der Waals surface area contributed by atoms with Crippen LogP contribution in [-0.2, 0) is 4.79 Å². The molecular formula is C20H18N8O2. The second-order valence-electron chi connectivity index (χ2n) is 6.95. The van der Waals surface area contributed by atoms with Gasteiger partial charge in [0.1, 0.15) is 12.7 Å². The average molecular weight is 402 g/mol. The standard InChI is InChI=1S/C20H18N8O2/c29-19(15-11-22-16-4-2-1-3-14(15)16)20(30)27-9-7-26(8-10-27)17-5-6-18(25-24-17)28-13-21-12-23-28/h1-6,11-13,22H,7-10H2. The van der Waals surface area contributed by atoms with E-state index in [1.165, 1.54) is 11.0 Å². The Balaban J connectivity index is 1.24. The van der Waals surface area contributed by atoms with Crippen molar-refractivity contribution in [2.24, 2.45) is 0 Å². The van der Waals surface area contributed by atoms with Crippen molar-refractivity contribution in [1.82, 2.24) is 34.8 Å². The van der Waals surface area contributed by atoms with Crippen LogP contribution < -0.4 is 4.90 Å². The number of anilines is 1. The molecule has 3 aromatic heterocycles. The highest BCUT2D eigenvalue weighted by Crippen LogP contribution is 2.20. The van der Waals surface area contributed by atoms with Crippen LogP contribution in [0.4, 0.5) is 5.82 Å². The van der Waals surface area contributed by atoms with Crippen LogP contribution in [0.5, 0.6) is 0 Å². The first kappa shape index (κ1) is 18.0. The van der Waals surface area contributed by atoms with Gasteiger partial charge in [0.05, 0.1) is 5.56 Å². The molecule has 0 saturated carbocycles. The average Bonchev–Trinajstić information content (AvgIpc) is 3.49. The second-order valence-corrected chi connectivity index (χ2v) is 6.95. The molecule has 1 aromatic carbocycles. The van der Waals surface area contributed by atoms with Crippen molar-refractivity contribution in [3.05, 3.63) is 60.8 Å². The fraction of sp³-hybridized carbons (Fsp3) is 0.200. The number of hydrogen-bond donors (Lipinski definition) is 1. The van der Waals surface area contributed by atoms with Gasteiger partial charge >= 0.3 is 0 Å². The van der Waals surface area contributed by atoms with Crippen LogP contribution in [0, 0.1) is 0 Å². The van der Waals surface area contributed by atoms with Gasteiger partial charge in [0.15, 0.2) is 11.6 Å². The van der Waals surface area contributed by atoms with E-state index in [4.69, 9.17) is 0 Å². The molecule has 30 heavy (non-hydrogen) atoms. The molecule has 4 heterocycles. The van der Waals surface area contributed by atoms with Crippen molar-refractivity contribution < 1.29 is 9.59 Å². The second kappa shape index (κ2) is 7.39. The molecule has 0 spiro atoms. The van der Waals surface area contributed by atoms with Crippen LogP contribution in [0.15, 0.2) is 55.2 Å². The van der Waals surface area contributed by atoms with E-state index in [1.807, 2.05) is 41.3 Å². The van der Waals surface area contributed by atoms with Crippen LogP contribution in [0.2, 0.25) is 0 Å². The molecule has 1 aliphatic heterocycles. The van der Waals surface area contributed by atoms with E-state index < -0.39 is 11.7 Å².